The van der Waals surface area contributed by atoms with Crippen molar-refractivity contribution in [2.75, 3.05) is 31.9 Å². The zero-order chi connectivity index (χ0) is 15.2. The Morgan fingerprint density at radius 2 is 1.67 bits per heavy atom. The highest BCUT2D eigenvalue weighted by Crippen LogP contribution is 2.10. The Hall–Kier alpha value is -2.04. The van der Waals surface area contributed by atoms with E-state index in [1.54, 1.807) is 6.92 Å². The summed E-state index contributed by atoms with van der Waals surface area (Å²) in [5.41, 5.74) is 7.51. The molecule has 1 aromatic rings. The molecule has 0 saturated carbocycles. The summed E-state index contributed by atoms with van der Waals surface area (Å²) < 4.78 is 0. The van der Waals surface area contributed by atoms with Crippen LogP contribution in [0.3, 0.4) is 0 Å². The molecule has 0 atom stereocenters. The number of carbonyl (C=O) groups excluding carboxylic acids is 2. The van der Waals surface area contributed by atoms with E-state index in [9.17, 15) is 9.59 Å². The molecule has 5 nitrogen and oxygen atoms in total. The lowest BCUT2D eigenvalue weighted by Gasteiger charge is -2.21. The molecule has 0 radical (unpaired) electrons. The number of aryl methyl sites for hydroxylation is 1. The Morgan fingerprint density at radius 3 is 2.33 bits per heavy atom. The molecule has 2 amide bonds. The second kappa shape index (κ2) is 7.11. The van der Waals surface area contributed by atoms with Gasteiger partial charge in [0.05, 0.1) is 0 Å². The van der Waals surface area contributed by atoms with Crippen LogP contribution >= 0.6 is 0 Å². The first-order valence-electron chi connectivity index (χ1n) is 7.44. The summed E-state index contributed by atoms with van der Waals surface area (Å²) in [5, 5.41) is 0. The molecule has 114 valence electrons. The van der Waals surface area contributed by atoms with Crippen molar-refractivity contribution in [1.82, 2.24) is 9.80 Å². The molecule has 1 aliphatic heterocycles. The van der Waals surface area contributed by atoms with Crippen LogP contribution in [0.2, 0.25) is 0 Å². The lowest BCUT2D eigenvalue weighted by Crippen LogP contribution is -2.36. The van der Waals surface area contributed by atoms with Crippen molar-refractivity contribution < 1.29 is 9.59 Å². The molecule has 0 bridgehead atoms. The molecule has 2 N–H and O–H groups in total. The van der Waals surface area contributed by atoms with Gasteiger partial charge in [-0.1, -0.05) is 12.1 Å². The fourth-order valence-corrected chi connectivity index (χ4v) is 2.58. The van der Waals surface area contributed by atoms with Gasteiger partial charge in [0.1, 0.15) is 0 Å². The van der Waals surface area contributed by atoms with Gasteiger partial charge in [-0.3, -0.25) is 9.59 Å². The molecular weight excluding hydrogens is 266 g/mol. The maximum atomic E-state index is 12.3. The van der Waals surface area contributed by atoms with E-state index in [0.717, 1.165) is 37.2 Å². The van der Waals surface area contributed by atoms with Gasteiger partial charge >= 0.3 is 0 Å². The van der Waals surface area contributed by atoms with E-state index in [4.69, 9.17) is 5.73 Å². The van der Waals surface area contributed by atoms with Crippen LogP contribution in [0.4, 0.5) is 5.69 Å². The number of carbonyl (C=O) groups is 2. The van der Waals surface area contributed by atoms with Crippen molar-refractivity contribution in [2.45, 2.75) is 26.2 Å². The molecule has 5 heteroatoms. The highest BCUT2D eigenvalue weighted by molar-refractivity contribution is 5.77. The van der Waals surface area contributed by atoms with Gasteiger partial charge in [0.25, 0.3) is 0 Å². The Balaban J connectivity index is 1.83. The largest absolute Gasteiger partial charge is 0.399 e. The van der Waals surface area contributed by atoms with Gasteiger partial charge in [-0.15, -0.1) is 0 Å². The molecule has 0 aromatic heterocycles. The highest BCUT2D eigenvalue weighted by atomic mass is 16.2. The molecule has 21 heavy (non-hydrogen) atoms. The van der Waals surface area contributed by atoms with Crippen LogP contribution in [0.25, 0.3) is 0 Å². The maximum absolute atomic E-state index is 12.3. The SMILES string of the molecule is CC(=O)N1CCCN(C(=O)CCc2ccc(N)cc2)CC1. The predicted octanol–water partition coefficient (Wildman–Crippen LogP) is 1.28. The number of rotatable bonds is 3. The summed E-state index contributed by atoms with van der Waals surface area (Å²) >= 11 is 0. The number of nitrogens with zero attached hydrogens (tertiary/aromatic N) is 2. The first kappa shape index (κ1) is 15.4. The van der Waals surface area contributed by atoms with Crippen LogP contribution in [0.15, 0.2) is 24.3 Å². The van der Waals surface area contributed by atoms with Crippen molar-refractivity contribution in [3.8, 4) is 0 Å². The topological polar surface area (TPSA) is 66.6 Å². The average molecular weight is 289 g/mol. The maximum Gasteiger partial charge on any atom is 0.222 e. The van der Waals surface area contributed by atoms with E-state index in [-0.39, 0.29) is 11.8 Å². The van der Waals surface area contributed by atoms with Crippen LogP contribution in [0.1, 0.15) is 25.3 Å². The summed E-state index contributed by atoms with van der Waals surface area (Å²) in [4.78, 5) is 27.3. The molecule has 0 aliphatic carbocycles. The zero-order valence-electron chi connectivity index (χ0n) is 12.5. The Labute approximate surface area is 125 Å². The standard InChI is InChI=1S/C16H23N3O2/c1-13(20)18-9-2-10-19(12-11-18)16(21)8-5-14-3-6-15(17)7-4-14/h3-4,6-7H,2,5,8-12,17H2,1H3. The minimum absolute atomic E-state index is 0.0890. The number of hydrogen-bond acceptors (Lipinski definition) is 3. The van der Waals surface area contributed by atoms with Crippen LogP contribution in [-0.4, -0.2) is 47.8 Å². The van der Waals surface area contributed by atoms with Crippen molar-refractivity contribution in [3.05, 3.63) is 29.8 Å². The molecule has 1 aromatic carbocycles. The minimum Gasteiger partial charge on any atom is -0.399 e. The van der Waals surface area contributed by atoms with Gasteiger partial charge in [-0.05, 0) is 30.5 Å². The molecule has 1 heterocycles. The molecule has 0 unspecified atom stereocenters. The van der Waals surface area contributed by atoms with Crippen molar-refractivity contribution in [2.24, 2.45) is 0 Å². The van der Waals surface area contributed by atoms with Crippen molar-refractivity contribution in [1.29, 1.82) is 0 Å². The van der Waals surface area contributed by atoms with Crippen LogP contribution in [0.5, 0.6) is 0 Å². The number of benzene rings is 1. The van der Waals surface area contributed by atoms with Crippen molar-refractivity contribution in [3.63, 3.8) is 0 Å². The second-order valence-electron chi connectivity index (χ2n) is 5.48. The van der Waals surface area contributed by atoms with E-state index in [1.807, 2.05) is 34.1 Å². The van der Waals surface area contributed by atoms with Gasteiger partial charge in [0.15, 0.2) is 0 Å². The average Bonchev–Trinajstić information content (AvgIpc) is 2.72. The number of hydrogen-bond donors (Lipinski definition) is 1. The quantitative estimate of drug-likeness (QED) is 0.852. The lowest BCUT2D eigenvalue weighted by atomic mass is 10.1. The first-order chi connectivity index (χ1) is 10.1. The van der Waals surface area contributed by atoms with E-state index in [2.05, 4.69) is 0 Å². The molecular formula is C16H23N3O2. The number of nitrogen functional groups attached to an aromatic ring is 1. The molecule has 1 aliphatic rings. The third-order valence-electron chi connectivity index (χ3n) is 3.90. The van der Waals surface area contributed by atoms with E-state index in [1.165, 1.54) is 0 Å². The molecule has 2 rings (SSSR count). The smallest absolute Gasteiger partial charge is 0.222 e. The first-order valence-corrected chi connectivity index (χ1v) is 7.44. The van der Waals surface area contributed by atoms with Gasteiger partial charge in [-0.25, -0.2) is 0 Å². The monoisotopic (exact) mass is 289 g/mol. The van der Waals surface area contributed by atoms with Crippen LogP contribution < -0.4 is 5.73 Å². The Morgan fingerprint density at radius 1 is 1.05 bits per heavy atom. The van der Waals surface area contributed by atoms with Gasteiger partial charge in [0.2, 0.25) is 11.8 Å². The van der Waals surface area contributed by atoms with Crippen LogP contribution in [-0.2, 0) is 16.0 Å². The van der Waals surface area contributed by atoms with E-state index < -0.39 is 0 Å². The fourth-order valence-electron chi connectivity index (χ4n) is 2.58. The fraction of sp³-hybridized carbons (Fsp3) is 0.500. The van der Waals surface area contributed by atoms with Gasteiger partial charge in [0, 0.05) is 45.2 Å². The van der Waals surface area contributed by atoms with Gasteiger partial charge in [-0.2, -0.15) is 0 Å². The van der Waals surface area contributed by atoms with Gasteiger partial charge < -0.3 is 15.5 Å². The summed E-state index contributed by atoms with van der Waals surface area (Å²) in [6.07, 6.45) is 2.09. The van der Waals surface area contributed by atoms with Crippen LogP contribution in [0, 0.1) is 0 Å². The minimum atomic E-state index is 0.0890. The number of nitrogens with two attached hydrogens (primary N) is 1. The third-order valence-corrected chi connectivity index (χ3v) is 3.90. The summed E-state index contributed by atoms with van der Waals surface area (Å²) in [7, 11) is 0. The number of anilines is 1. The number of amides is 2. The second-order valence-corrected chi connectivity index (χ2v) is 5.48. The molecule has 0 spiro atoms. The normalized spacial score (nSPS) is 15.7. The molecule has 1 saturated heterocycles. The molecule has 1 fully saturated rings. The summed E-state index contributed by atoms with van der Waals surface area (Å²) in [5.74, 6) is 0.253. The van der Waals surface area contributed by atoms with E-state index in [0.29, 0.717) is 19.5 Å². The Kier molecular flexibility index (Phi) is 5.20. The highest BCUT2D eigenvalue weighted by Gasteiger charge is 2.19. The third kappa shape index (κ3) is 4.48. The Bertz CT molecular complexity index is 499. The zero-order valence-corrected chi connectivity index (χ0v) is 12.5. The van der Waals surface area contributed by atoms with E-state index >= 15 is 0 Å². The summed E-state index contributed by atoms with van der Waals surface area (Å²) in [6.45, 7) is 4.35. The van der Waals surface area contributed by atoms with Crippen molar-refractivity contribution >= 4 is 17.5 Å². The predicted molar refractivity (Wildman–Crippen MR) is 82.6 cm³/mol. The lowest BCUT2D eigenvalue weighted by molar-refractivity contribution is -0.132. The summed E-state index contributed by atoms with van der Waals surface area (Å²) in [6, 6.07) is 7.64.